The molecule has 0 aliphatic heterocycles. The molecule has 1 heterocycles. The summed E-state index contributed by atoms with van der Waals surface area (Å²) in [5.74, 6) is -0.652. The van der Waals surface area contributed by atoms with Gasteiger partial charge in [-0.1, -0.05) is 6.92 Å². The zero-order valence-electron chi connectivity index (χ0n) is 11.7. The van der Waals surface area contributed by atoms with E-state index in [1.165, 1.54) is 0 Å². The van der Waals surface area contributed by atoms with Gasteiger partial charge in [0.2, 0.25) is 0 Å². The van der Waals surface area contributed by atoms with Gasteiger partial charge in [-0.3, -0.25) is 14.3 Å². The Morgan fingerprint density at radius 2 is 2.16 bits per heavy atom. The molecule has 0 aromatic carbocycles. The molecule has 6 nitrogen and oxygen atoms in total. The average molecular weight is 267 g/mol. The van der Waals surface area contributed by atoms with Crippen molar-refractivity contribution in [2.45, 2.75) is 40.2 Å². The number of rotatable bonds is 7. The van der Waals surface area contributed by atoms with E-state index in [1.807, 2.05) is 26.8 Å². The number of nitrogens with one attached hydrogen (secondary N) is 1. The maximum atomic E-state index is 11.5. The standard InChI is InChI=1S/C13H21N3O3/c1-4-6-14-12(17)9-19-13(18)5-7-16-11(3)8-10(2)15-16/h8H,4-7,9H2,1-3H3,(H,14,17). The van der Waals surface area contributed by atoms with E-state index in [0.717, 1.165) is 17.8 Å². The highest BCUT2D eigenvalue weighted by molar-refractivity contribution is 5.80. The van der Waals surface area contributed by atoms with Crippen molar-refractivity contribution in [3.63, 3.8) is 0 Å². The number of hydrogen-bond acceptors (Lipinski definition) is 4. The molecule has 1 aromatic rings. The average Bonchev–Trinajstić information content (AvgIpc) is 2.69. The highest BCUT2D eigenvalue weighted by atomic mass is 16.5. The Bertz CT molecular complexity index is 440. The molecule has 0 atom stereocenters. The normalized spacial score (nSPS) is 10.3. The molecular formula is C13H21N3O3. The van der Waals surface area contributed by atoms with Crippen LogP contribution in [0.3, 0.4) is 0 Å². The second-order valence-corrected chi connectivity index (χ2v) is 4.41. The summed E-state index contributed by atoms with van der Waals surface area (Å²) >= 11 is 0. The number of nitrogens with zero attached hydrogens (tertiary/aromatic N) is 2. The lowest BCUT2D eigenvalue weighted by Gasteiger charge is -2.06. The molecule has 1 N–H and O–H groups in total. The topological polar surface area (TPSA) is 73.2 Å². The van der Waals surface area contributed by atoms with E-state index in [-0.39, 0.29) is 24.9 Å². The number of hydrogen-bond donors (Lipinski definition) is 1. The van der Waals surface area contributed by atoms with Crippen molar-refractivity contribution in [3.05, 3.63) is 17.5 Å². The van der Waals surface area contributed by atoms with Crippen molar-refractivity contribution >= 4 is 11.9 Å². The predicted octanol–water partition coefficient (Wildman–Crippen LogP) is 0.959. The molecule has 1 aromatic heterocycles. The van der Waals surface area contributed by atoms with Crippen molar-refractivity contribution in [1.29, 1.82) is 0 Å². The van der Waals surface area contributed by atoms with Crippen LogP contribution in [-0.2, 0) is 20.9 Å². The Kier molecular flexibility index (Phi) is 6.05. The maximum Gasteiger partial charge on any atom is 0.308 e. The van der Waals surface area contributed by atoms with Crippen LogP contribution < -0.4 is 5.32 Å². The van der Waals surface area contributed by atoms with Crippen LogP contribution in [0, 0.1) is 13.8 Å². The van der Waals surface area contributed by atoms with E-state index in [9.17, 15) is 9.59 Å². The Hall–Kier alpha value is -1.85. The fourth-order valence-electron chi connectivity index (χ4n) is 1.63. The van der Waals surface area contributed by atoms with Gasteiger partial charge in [0, 0.05) is 12.2 Å². The Morgan fingerprint density at radius 3 is 2.74 bits per heavy atom. The number of aryl methyl sites for hydroxylation is 3. The predicted molar refractivity (Wildman–Crippen MR) is 70.6 cm³/mol. The van der Waals surface area contributed by atoms with Gasteiger partial charge in [0.05, 0.1) is 18.7 Å². The van der Waals surface area contributed by atoms with Crippen molar-refractivity contribution in [1.82, 2.24) is 15.1 Å². The van der Waals surface area contributed by atoms with E-state index in [0.29, 0.717) is 13.1 Å². The highest BCUT2D eigenvalue weighted by Crippen LogP contribution is 2.03. The number of carbonyl (C=O) groups excluding carboxylic acids is 2. The molecule has 0 spiro atoms. The van der Waals surface area contributed by atoms with Crippen molar-refractivity contribution in [2.24, 2.45) is 0 Å². The van der Waals surface area contributed by atoms with Crippen LogP contribution in [0.4, 0.5) is 0 Å². The number of ether oxygens (including phenoxy) is 1. The van der Waals surface area contributed by atoms with Gasteiger partial charge in [-0.25, -0.2) is 0 Å². The molecule has 0 radical (unpaired) electrons. The molecule has 0 fully saturated rings. The molecule has 19 heavy (non-hydrogen) atoms. The van der Waals surface area contributed by atoms with Crippen LogP contribution in [-0.4, -0.2) is 34.8 Å². The summed E-state index contributed by atoms with van der Waals surface area (Å²) in [6.07, 6.45) is 1.07. The molecule has 0 saturated heterocycles. The van der Waals surface area contributed by atoms with Crippen LogP contribution in [0.25, 0.3) is 0 Å². The quantitative estimate of drug-likeness (QED) is 0.747. The first-order valence-corrected chi connectivity index (χ1v) is 6.46. The van der Waals surface area contributed by atoms with E-state index in [4.69, 9.17) is 4.74 Å². The zero-order valence-corrected chi connectivity index (χ0v) is 11.7. The minimum atomic E-state index is -0.390. The van der Waals surface area contributed by atoms with Gasteiger partial charge in [-0.05, 0) is 26.3 Å². The van der Waals surface area contributed by atoms with Crippen molar-refractivity contribution < 1.29 is 14.3 Å². The van der Waals surface area contributed by atoms with Gasteiger partial charge in [-0.2, -0.15) is 5.10 Å². The Balaban J connectivity index is 2.25. The number of esters is 1. The molecule has 0 bridgehead atoms. The van der Waals surface area contributed by atoms with Gasteiger partial charge in [0.1, 0.15) is 0 Å². The summed E-state index contributed by atoms with van der Waals surface area (Å²) in [7, 11) is 0. The molecule has 6 heteroatoms. The molecule has 0 aliphatic rings. The molecule has 106 valence electrons. The highest BCUT2D eigenvalue weighted by Gasteiger charge is 2.08. The monoisotopic (exact) mass is 267 g/mol. The molecule has 1 amide bonds. The lowest BCUT2D eigenvalue weighted by molar-refractivity contribution is -0.148. The van der Waals surface area contributed by atoms with Crippen LogP contribution in [0.5, 0.6) is 0 Å². The van der Waals surface area contributed by atoms with Crippen LogP contribution in [0.2, 0.25) is 0 Å². The van der Waals surface area contributed by atoms with Crippen molar-refractivity contribution in [2.75, 3.05) is 13.2 Å². The number of carbonyl (C=O) groups is 2. The first-order chi connectivity index (χ1) is 9.02. The zero-order chi connectivity index (χ0) is 14.3. The summed E-state index contributed by atoms with van der Waals surface area (Å²) in [5, 5.41) is 6.89. The lowest BCUT2D eigenvalue weighted by Crippen LogP contribution is -2.29. The first-order valence-electron chi connectivity index (χ1n) is 6.46. The smallest absolute Gasteiger partial charge is 0.308 e. The van der Waals surface area contributed by atoms with Crippen LogP contribution in [0.1, 0.15) is 31.2 Å². The third kappa shape index (κ3) is 5.54. The molecule has 0 aliphatic carbocycles. The van der Waals surface area contributed by atoms with Gasteiger partial charge >= 0.3 is 5.97 Å². The third-order valence-electron chi connectivity index (χ3n) is 2.57. The van der Waals surface area contributed by atoms with Crippen molar-refractivity contribution in [3.8, 4) is 0 Å². The summed E-state index contributed by atoms with van der Waals surface area (Å²) in [5.41, 5.74) is 1.93. The van der Waals surface area contributed by atoms with E-state index < -0.39 is 0 Å². The first kappa shape index (κ1) is 15.2. The Morgan fingerprint density at radius 1 is 1.42 bits per heavy atom. The van der Waals surface area contributed by atoms with E-state index in [2.05, 4.69) is 10.4 Å². The summed E-state index contributed by atoms with van der Waals surface area (Å²) < 4.78 is 6.63. The van der Waals surface area contributed by atoms with E-state index >= 15 is 0 Å². The van der Waals surface area contributed by atoms with Crippen LogP contribution in [0.15, 0.2) is 6.07 Å². The third-order valence-corrected chi connectivity index (χ3v) is 2.57. The second-order valence-electron chi connectivity index (χ2n) is 4.41. The summed E-state index contributed by atoms with van der Waals surface area (Å²) in [6.45, 7) is 6.65. The second kappa shape index (κ2) is 7.56. The minimum Gasteiger partial charge on any atom is -0.456 e. The summed E-state index contributed by atoms with van der Waals surface area (Å²) in [4.78, 5) is 22.7. The minimum absolute atomic E-state index is 0.211. The van der Waals surface area contributed by atoms with Gasteiger partial charge in [-0.15, -0.1) is 0 Å². The number of aromatic nitrogens is 2. The van der Waals surface area contributed by atoms with Gasteiger partial charge < -0.3 is 10.1 Å². The fraction of sp³-hybridized carbons (Fsp3) is 0.615. The number of amides is 1. The van der Waals surface area contributed by atoms with Crippen LogP contribution >= 0.6 is 0 Å². The molecule has 0 saturated carbocycles. The molecule has 1 rings (SSSR count). The van der Waals surface area contributed by atoms with Gasteiger partial charge in [0.25, 0.3) is 5.91 Å². The largest absolute Gasteiger partial charge is 0.456 e. The molecular weight excluding hydrogens is 246 g/mol. The molecule has 0 unspecified atom stereocenters. The Labute approximate surface area is 113 Å². The van der Waals surface area contributed by atoms with Gasteiger partial charge in [0.15, 0.2) is 6.61 Å². The lowest BCUT2D eigenvalue weighted by atomic mass is 10.4. The SMILES string of the molecule is CCCNC(=O)COC(=O)CCn1nc(C)cc1C. The summed E-state index contributed by atoms with van der Waals surface area (Å²) in [6, 6.07) is 1.95. The fourth-order valence-corrected chi connectivity index (χ4v) is 1.63. The maximum absolute atomic E-state index is 11.5. The van der Waals surface area contributed by atoms with E-state index in [1.54, 1.807) is 4.68 Å².